The first-order valence-electron chi connectivity index (χ1n) is 7.74. The number of benzene rings is 1. The fraction of sp³-hybridized carbons (Fsp3) is 0.647. The van der Waals surface area contributed by atoms with Gasteiger partial charge in [-0.2, -0.15) is 0 Å². The summed E-state index contributed by atoms with van der Waals surface area (Å²) >= 11 is 7.59. The third-order valence-electron chi connectivity index (χ3n) is 4.99. The molecule has 0 spiro atoms. The van der Waals surface area contributed by atoms with Crippen molar-refractivity contribution in [3.05, 3.63) is 28.2 Å². The SMILES string of the molecule is COCCOc1ccc(C(Br)C2CC3CCC2C3)cc1Br. The van der Waals surface area contributed by atoms with Crippen molar-refractivity contribution in [1.82, 2.24) is 0 Å². The van der Waals surface area contributed by atoms with E-state index in [4.69, 9.17) is 9.47 Å². The molecule has 0 heterocycles. The normalized spacial score (nSPS) is 28.8. The largest absolute Gasteiger partial charge is 0.490 e. The van der Waals surface area contributed by atoms with Crippen LogP contribution in [0.5, 0.6) is 5.75 Å². The predicted octanol–water partition coefficient (Wildman–Crippen LogP) is 5.35. The highest BCUT2D eigenvalue weighted by atomic mass is 79.9. The minimum absolute atomic E-state index is 0.470. The van der Waals surface area contributed by atoms with Crippen molar-refractivity contribution < 1.29 is 9.47 Å². The zero-order valence-corrected chi connectivity index (χ0v) is 15.5. The molecule has 2 aliphatic rings. The first kappa shape index (κ1) is 15.8. The summed E-state index contributed by atoms with van der Waals surface area (Å²) in [5.74, 6) is 3.61. The van der Waals surface area contributed by atoms with Crippen LogP contribution in [0.3, 0.4) is 0 Å². The second-order valence-electron chi connectivity index (χ2n) is 6.27. The zero-order chi connectivity index (χ0) is 14.8. The van der Waals surface area contributed by atoms with Crippen LogP contribution in [0, 0.1) is 17.8 Å². The maximum absolute atomic E-state index is 5.70. The maximum atomic E-state index is 5.70. The third-order valence-corrected chi connectivity index (χ3v) is 6.82. The molecule has 0 aliphatic heterocycles. The molecule has 0 N–H and O–H groups in total. The molecule has 21 heavy (non-hydrogen) atoms. The second kappa shape index (κ2) is 7.01. The molecule has 1 aromatic rings. The van der Waals surface area contributed by atoms with E-state index >= 15 is 0 Å². The molecule has 0 aromatic heterocycles. The summed E-state index contributed by atoms with van der Waals surface area (Å²) in [5, 5.41) is 0. The van der Waals surface area contributed by atoms with E-state index in [1.807, 2.05) is 0 Å². The van der Waals surface area contributed by atoms with E-state index in [-0.39, 0.29) is 0 Å². The number of fused-ring (bicyclic) bond motifs is 2. The van der Waals surface area contributed by atoms with Crippen LogP contribution in [0.4, 0.5) is 0 Å². The summed E-state index contributed by atoms with van der Waals surface area (Å²) in [6, 6.07) is 6.46. The molecule has 2 bridgehead atoms. The van der Waals surface area contributed by atoms with Gasteiger partial charge in [0.2, 0.25) is 0 Å². The van der Waals surface area contributed by atoms with Gasteiger partial charge < -0.3 is 9.47 Å². The van der Waals surface area contributed by atoms with Gasteiger partial charge in [0.1, 0.15) is 12.4 Å². The van der Waals surface area contributed by atoms with Crippen LogP contribution in [0.2, 0.25) is 0 Å². The number of halogens is 2. The summed E-state index contributed by atoms with van der Waals surface area (Å²) in [6.45, 7) is 1.19. The van der Waals surface area contributed by atoms with Crippen LogP contribution in [-0.2, 0) is 4.74 Å². The highest BCUT2D eigenvalue weighted by molar-refractivity contribution is 9.10. The molecule has 2 aliphatic carbocycles. The molecule has 2 nitrogen and oxygen atoms in total. The van der Waals surface area contributed by atoms with Gasteiger partial charge in [0.15, 0.2) is 0 Å². The molecule has 0 saturated heterocycles. The third kappa shape index (κ3) is 3.48. The van der Waals surface area contributed by atoms with Gasteiger partial charge in [-0.15, -0.1) is 0 Å². The number of ether oxygens (including phenoxy) is 2. The van der Waals surface area contributed by atoms with Gasteiger partial charge in [0.05, 0.1) is 11.1 Å². The Bertz CT molecular complexity index is 492. The van der Waals surface area contributed by atoms with Gasteiger partial charge >= 0.3 is 0 Å². The fourth-order valence-electron chi connectivity index (χ4n) is 3.94. The van der Waals surface area contributed by atoms with E-state index in [1.54, 1.807) is 7.11 Å². The van der Waals surface area contributed by atoms with Gasteiger partial charge in [-0.05, 0) is 70.6 Å². The highest BCUT2D eigenvalue weighted by Gasteiger charge is 2.42. The van der Waals surface area contributed by atoms with Crippen molar-refractivity contribution in [1.29, 1.82) is 0 Å². The zero-order valence-electron chi connectivity index (χ0n) is 12.4. The van der Waals surface area contributed by atoms with Crippen LogP contribution >= 0.6 is 31.9 Å². The second-order valence-corrected chi connectivity index (χ2v) is 8.11. The van der Waals surface area contributed by atoms with E-state index in [0.717, 1.165) is 28.0 Å². The van der Waals surface area contributed by atoms with E-state index in [1.165, 1.54) is 31.2 Å². The van der Waals surface area contributed by atoms with E-state index in [9.17, 15) is 0 Å². The number of methoxy groups -OCH3 is 1. The molecule has 4 heteroatoms. The smallest absolute Gasteiger partial charge is 0.133 e. The number of hydrogen-bond acceptors (Lipinski definition) is 2. The molecule has 0 radical (unpaired) electrons. The molecule has 2 fully saturated rings. The van der Waals surface area contributed by atoms with Crippen molar-refractivity contribution in [2.75, 3.05) is 20.3 Å². The Labute approximate surface area is 143 Å². The van der Waals surface area contributed by atoms with E-state index in [0.29, 0.717) is 18.0 Å². The Morgan fingerprint density at radius 1 is 1.24 bits per heavy atom. The van der Waals surface area contributed by atoms with E-state index < -0.39 is 0 Å². The molecular formula is C17H22Br2O2. The Morgan fingerprint density at radius 2 is 2.10 bits per heavy atom. The first-order chi connectivity index (χ1) is 10.2. The van der Waals surface area contributed by atoms with Crippen molar-refractivity contribution in [3.63, 3.8) is 0 Å². The molecule has 1 aromatic carbocycles. The lowest BCUT2D eigenvalue weighted by Gasteiger charge is -2.27. The molecule has 2 saturated carbocycles. The summed E-state index contributed by atoms with van der Waals surface area (Å²) in [4.78, 5) is 0.470. The Balaban J connectivity index is 1.66. The maximum Gasteiger partial charge on any atom is 0.133 e. The topological polar surface area (TPSA) is 18.5 Å². The molecule has 116 valence electrons. The van der Waals surface area contributed by atoms with Crippen molar-refractivity contribution >= 4 is 31.9 Å². The Morgan fingerprint density at radius 3 is 2.71 bits per heavy atom. The average Bonchev–Trinajstić information content (AvgIpc) is 3.11. The van der Waals surface area contributed by atoms with Crippen LogP contribution < -0.4 is 4.74 Å². The highest BCUT2D eigenvalue weighted by Crippen LogP contribution is 2.55. The lowest BCUT2D eigenvalue weighted by atomic mass is 9.84. The van der Waals surface area contributed by atoms with Crippen LogP contribution in [0.25, 0.3) is 0 Å². The van der Waals surface area contributed by atoms with Gasteiger partial charge in [0.25, 0.3) is 0 Å². The number of hydrogen-bond donors (Lipinski definition) is 0. The summed E-state index contributed by atoms with van der Waals surface area (Å²) in [5.41, 5.74) is 1.36. The quantitative estimate of drug-likeness (QED) is 0.459. The molecule has 4 unspecified atom stereocenters. The van der Waals surface area contributed by atoms with E-state index in [2.05, 4.69) is 50.1 Å². The van der Waals surface area contributed by atoms with Crippen molar-refractivity contribution in [2.24, 2.45) is 17.8 Å². The van der Waals surface area contributed by atoms with Crippen LogP contribution in [0.15, 0.2) is 22.7 Å². The number of alkyl halides is 1. The summed E-state index contributed by atoms with van der Waals surface area (Å²) in [7, 11) is 1.69. The standard InChI is InChI=1S/C17H22Br2O2/c1-20-6-7-21-16-5-4-13(10-15(16)18)17(19)14-9-11-2-3-12(14)8-11/h4-5,10-12,14,17H,2-3,6-9H2,1H3. The minimum atomic E-state index is 0.470. The van der Waals surface area contributed by atoms with Crippen molar-refractivity contribution in [2.45, 2.75) is 30.5 Å². The monoisotopic (exact) mass is 416 g/mol. The summed E-state index contributed by atoms with van der Waals surface area (Å²) in [6.07, 6.45) is 5.73. The van der Waals surface area contributed by atoms with Gasteiger partial charge in [-0.25, -0.2) is 0 Å². The molecule has 0 amide bonds. The molecule has 4 atom stereocenters. The van der Waals surface area contributed by atoms with Crippen molar-refractivity contribution in [3.8, 4) is 5.75 Å². The molecule has 3 rings (SSSR count). The minimum Gasteiger partial charge on any atom is -0.490 e. The molecular weight excluding hydrogens is 396 g/mol. The van der Waals surface area contributed by atoms with Crippen LogP contribution in [0.1, 0.15) is 36.1 Å². The lowest BCUT2D eigenvalue weighted by molar-refractivity contribution is 0.146. The fourth-order valence-corrected chi connectivity index (χ4v) is 5.38. The lowest BCUT2D eigenvalue weighted by Crippen LogP contribution is -2.15. The van der Waals surface area contributed by atoms with Crippen LogP contribution in [-0.4, -0.2) is 20.3 Å². The number of rotatable bonds is 6. The first-order valence-corrected chi connectivity index (χ1v) is 9.45. The van der Waals surface area contributed by atoms with Gasteiger partial charge in [0, 0.05) is 11.9 Å². The van der Waals surface area contributed by atoms with Gasteiger partial charge in [-0.1, -0.05) is 28.4 Å². The summed E-state index contributed by atoms with van der Waals surface area (Å²) < 4.78 is 11.7. The Kier molecular flexibility index (Phi) is 5.28. The predicted molar refractivity (Wildman–Crippen MR) is 92.1 cm³/mol. The average molecular weight is 418 g/mol. The van der Waals surface area contributed by atoms with Gasteiger partial charge in [-0.3, -0.25) is 0 Å². The Hall–Kier alpha value is -0.0600.